The summed E-state index contributed by atoms with van der Waals surface area (Å²) in [5, 5.41) is 9.02. The van der Waals surface area contributed by atoms with Gasteiger partial charge in [0.05, 0.1) is 11.3 Å². The van der Waals surface area contributed by atoms with Gasteiger partial charge in [0.1, 0.15) is 5.82 Å². The zero-order valence-electron chi connectivity index (χ0n) is 18.2. The molecule has 2 aromatic carbocycles. The highest BCUT2D eigenvalue weighted by atomic mass is 32.2. The van der Waals surface area contributed by atoms with E-state index in [0.717, 1.165) is 22.6 Å². The zero-order chi connectivity index (χ0) is 22.0. The van der Waals surface area contributed by atoms with Gasteiger partial charge in [0.25, 0.3) is 0 Å². The van der Waals surface area contributed by atoms with E-state index in [1.807, 2.05) is 69.5 Å². The predicted molar refractivity (Wildman–Crippen MR) is 119 cm³/mol. The topological polar surface area (TPSA) is 51.0 Å². The van der Waals surface area contributed by atoms with Gasteiger partial charge in [-0.3, -0.25) is 14.3 Å². The Labute approximate surface area is 181 Å². The molecule has 0 aliphatic carbocycles. The van der Waals surface area contributed by atoms with Crippen LogP contribution in [0, 0.1) is 19.7 Å². The molecule has 0 saturated heterocycles. The van der Waals surface area contributed by atoms with Crippen molar-refractivity contribution in [3.63, 3.8) is 0 Å². The lowest BCUT2D eigenvalue weighted by Crippen LogP contribution is -2.21. The lowest BCUT2D eigenvalue weighted by atomic mass is 10.0. The number of ketones is 1. The average molecular weight is 427 g/mol. The number of hydrogen-bond acceptors (Lipinski definition) is 5. The van der Waals surface area contributed by atoms with Crippen molar-refractivity contribution in [1.29, 1.82) is 0 Å². The predicted octanol–water partition coefficient (Wildman–Crippen LogP) is 5.01. The third-order valence-electron chi connectivity index (χ3n) is 5.33. The summed E-state index contributed by atoms with van der Waals surface area (Å²) in [5.74, 6) is 0.473. The van der Waals surface area contributed by atoms with Crippen LogP contribution in [0.3, 0.4) is 0 Å². The first kappa shape index (κ1) is 22.2. The van der Waals surface area contributed by atoms with Crippen LogP contribution in [0.15, 0.2) is 47.6 Å². The highest BCUT2D eigenvalue weighted by Gasteiger charge is 2.25. The molecule has 0 N–H and O–H groups in total. The third-order valence-corrected chi connectivity index (χ3v) is 6.38. The Bertz CT molecular complexity index is 1050. The molecule has 158 valence electrons. The van der Waals surface area contributed by atoms with Crippen LogP contribution in [0.25, 0.3) is 5.69 Å². The van der Waals surface area contributed by atoms with Crippen molar-refractivity contribution in [3.05, 3.63) is 70.8 Å². The number of thioether (sulfide) groups is 1. The van der Waals surface area contributed by atoms with E-state index in [9.17, 15) is 9.18 Å². The Hall–Kier alpha value is -2.51. The number of carbonyl (C=O) groups is 1. The molecule has 0 aliphatic rings. The molecular formula is C23H27FN4OS. The molecule has 7 heteroatoms. The number of benzene rings is 2. The van der Waals surface area contributed by atoms with Gasteiger partial charge in [-0.2, -0.15) is 0 Å². The van der Waals surface area contributed by atoms with Crippen molar-refractivity contribution in [1.82, 2.24) is 19.7 Å². The van der Waals surface area contributed by atoms with Crippen molar-refractivity contribution in [2.75, 3.05) is 14.1 Å². The summed E-state index contributed by atoms with van der Waals surface area (Å²) in [6.45, 7) is 7.94. The van der Waals surface area contributed by atoms with Gasteiger partial charge >= 0.3 is 0 Å². The summed E-state index contributed by atoms with van der Waals surface area (Å²) in [6, 6.07) is 12.0. The van der Waals surface area contributed by atoms with E-state index in [1.165, 1.54) is 23.9 Å². The van der Waals surface area contributed by atoms with Crippen LogP contribution in [-0.2, 0) is 0 Å². The number of Topliss-reactive ketones (excluding diaryl/α,β-unsaturated/α-hetero) is 1. The molecular weight excluding hydrogens is 399 g/mol. The van der Waals surface area contributed by atoms with Gasteiger partial charge in [-0.1, -0.05) is 23.9 Å². The number of aryl methyl sites for hydroxylation is 2. The van der Waals surface area contributed by atoms with Crippen LogP contribution in [0.2, 0.25) is 0 Å². The van der Waals surface area contributed by atoms with E-state index < -0.39 is 0 Å². The summed E-state index contributed by atoms with van der Waals surface area (Å²) in [4.78, 5) is 15.0. The highest BCUT2D eigenvalue weighted by Crippen LogP contribution is 2.30. The molecule has 0 aliphatic heterocycles. The van der Waals surface area contributed by atoms with Crippen molar-refractivity contribution >= 4 is 17.5 Å². The number of hydrogen-bond donors (Lipinski definition) is 0. The van der Waals surface area contributed by atoms with Gasteiger partial charge in [0, 0.05) is 11.3 Å². The fraction of sp³-hybridized carbons (Fsp3) is 0.348. The molecule has 0 bridgehead atoms. The summed E-state index contributed by atoms with van der Waals surface area (Å²) in [6.07, 6.45) is 0. The Morgan fingerprint density at radius 2 is 1.70 bits per heavy atom. The molecule has 5 nitrogen and oxygen atoms in total. The fourth-order valence-electron chi connectivity index (χ4n) is 3.03. The van der Waals surface area contributed by atoms with Gasteiger partial charge < -0.3 is 0 Å². The Kier molecular flexibility index (Phi) is 6.73. The third kappa shape index (κ3) is 4.63. The lowest BCUT2D eigenvalue weighted by Gasteiger charge is -2.21. The van der Waals surface area contributed by atoms with Crippen molar-refractivity contribution < 1.29 is 9.18 Å². The molecule has 2 atom stereocenters. The molecule has 1 aromatic heterocycles. The minimum atomic E-state index is -0.349. The van der Waals surface area contributed by atoms with Gasteiger partial charge in [-0.05, 0) is 83.2 Å². The standard InChI is InChI=1S/C23H27FN4OS/c1-14-7-8-18(13-15(14)2)21(29)17(4)30-23-26-25-22(16(3)27(5)6)28(23)20-11-9-19(24)10-12-20/h7-13,16-17H,1-6H3/t16-,17+/m1/s1. The molecule has 1 heterocycles. The zero-order valence-corrected chi connectivity index (χ0v) is 19.0. The Morgan fingerprint density at radius 1 is 1.03 bits per heavy atom. The molecule has 0 amide bonds. The van der Waals surface area contributed by atoms with E-state index in [-0.39, 0.29) is 22.9 Å². The highest BCUT2D eigenvalue weighted by molar-refractivity contribution is 8.00. The van der Waals surface area contributed by atoms with E-state index in [0.29, 0.717) is 10.7 Å². The number of nitrogens with zero attached hydrogens (tertiary/aromatic N) is 4. The molecule has 30 heavy (non-hydrogen) atoms. The van der Waals surface area contributed by atoms with E-state index in [1.54, 1.807) is 12.1 Å². The summed E-state index contributed by atoms with van der Waals surface area (Å²) in [5.41, 5.74) is 3.70. The van der Waals surface area contributed by atoms with Crippen molar-refractivity contribution in [3.8, 4) is 5.69 Å². The normalized spacial score (nSPS) is 13.5. The number of aromatic nitrogens is 3. The average Bonchev–Trinajstić information content (AvgIpc) is 3.12. The smallest absolute Gasteiger partial charge is 0.196 e. The first-order valence-corrected chi connectivity index (χ1v) is 10.7. The second kappa shape index (κ2) is 9.10. The van der Waals surface area contributed by atoms with Gasteiger partial charge in [0.2, 0.25) is 0 Å². The first-order chi connectivity index (χ1) is 14.2. The fourth-order valence-corrected chi connectivity index (χ4v) is 3.98. The monoisotopic (exact) mass is 426 g/mol. The SMILES string of the molecule is Cc1ccc(C(=O)[C@H](C)Sc2nnc([C@@H](C)N(C)C)n2-c2ccc(F)cc2)cc1C. The van der Waals surface area contributed by atoms with Gasteiger partial charge in [0.15, 0.2) is 16.8 Å². The Balaban J connectivity index is 1.95. The van der Waals surface area contributed by atoms with Gasteiger partial charge in [-0.25, -0.2) is 4.39 Å². The second-order valence-electron chi connectivity index (χ2n) is 7.72. The molecule has 0 radical (unpaired) electrons. The minimum Gasteiger partial charge on any atom is -0.300 e. The maximum atomic E-state index is 13.5. The first-order valence-electron chi connectivity index (χ1n) is 9.85. The van der Waals surface area contributed by atoms with Crippen LogP contribution >= 0.6 is 11.8 Å². The molecule has 3 rings (SSSR count). The molecule has 0 unspecified atom stereocenters. The molecule has 3 aromatic rings. The lowest BCUT2D eigenvalue weighted by molar-refractivity contribution is 0.0993. The van der Waals surface area contributed by atoms with Crippen LogP contribution in [0.5, 0.6) is 0 Å². The largest absolute Gasteiger partial charge is 0.300 e. The number of carbonyl (C=O) groups excluding carboxylic acids is 1. The summed E-state index contributed by atoms with van der Waals surface area (Å²) >= 11 is 1.36. The van der Waals surface area contributed by atoms with Crippen molar-refractivity contribution in [2.24, 2.45) is 0 Å². The number of rotatable bonds is 7. The summed E-state index contributed by atoms with van der Waals surface area (Å²) < 4.78 is 15.4. The van der Waals surface area contributed by atoms with E-state index >= 15 is 0 Å². The molecule has 0 saturated carbocycles. The Morgan fingerprint density at radius 3 is 2.30 bits per heavy atom. The van der Waals surface area contributed by atoms with Crippen molar-refractivity contribution in [2.45, 2.75) is 44.1 Å². The quantitative estimate of drug-likeness (QED) is 0.393. The van der Waals surface area contributed by atoms with Gasteiger partial charge in [-0.15, -0.1) is 10.2 Å². The van der Waals surface area contributed by atoms with Crippen LogP contribution in [0.4, 0.5) is 4.39 Å². The van der Waals surface area contributed by atoms with Crippen LogP contribution in [0.1, 0.15) is 47.2 Å². The van der Waals surface area contributed by atoms with Crippen LogP contribution in [-0.4, -0.2) is 44.8 Å². The van der Waals surface area contributed by atoms with E-state index in [2.05, 4.69) is 10.2 Å². The summed E-state index contributed by atoms with van der Waals surface area (Å²) in [7, 11) is 3.93. The maximum absolute atomic E-state index is 13.5. The van der Waals surface area contributed by atoms with Crippen LogP contribution < -0.4 is 0 Å². The molecule has 0 spiro atoms. The maximum Gasteiger partial charge on any atom is 0.196 e. The second-order valence-corrected chi connectivity index (χ2v) is 9.02. The minimum absolute atomic E-state index is 0.0114. The number of halogens is 1. The van der Waals surface area contributed by atoms with E-state index in [4.69, 9.17) is 0 Å². The molecule has 0 fully saturated rings.